The Kier molecular flexibility index (Phi) is 2.16. The number of rotatable bonds is 2. The molecule has 1 heterocycles. The third-order valence-electron chi connectivity index (χ3n) is 1.59. The Morgan fingerprint density at radius 2 is 2.36 bits per heavy atom. The van der Waals surface area contributed by atoms with Crippen molar-refractivity contribution in [2.24, 2.45) is 0 Å². The van der Waals surface area contributed by atoms with E-state index in [4.69, 9.17) is 5.41 Å². The van der Waals surface area contributed by atoms with E-state index in [9.17, 15) is 0 Å². The molecule has 0 bridgehead atoms. The van der Waals surface area contributed by atoms with Gasteiger partial charge in [-0.2, -0.15) is 0 Å². The van der Waals surface area contributed by atoms with Gasteiger partial charge in [0.15, 0.2) is 0 Å². The lowest BCUT2D eigenvalue weighted by Crippen LogP contribution is -1.93. The maximum absolute atomic E-state index is 7.12. The molecule has 1 aromatic rings. The lowest BCUT2D eigenvalue weighted by molar-refractivity contribution is 1.18. The van der Waals surface area contributed by atoms with E-state index in [1.165, 1.54) is 6.21 Å². The third kappa shape index (κ3) is 1.34. The van der Waals surface area contributed by atoms with Crippen LogP contribution >= 0.6 is 0 Å². The maximum Gasteiger partial charge on any atom is 0.0466 e. The van der Waals surface area contributed by atoms with E-state index in [2.05, 4.69) is 11.6 Å². The Hall–Kier alpha value is -1.44. The fourth-order valence-corrected chi connectivity index (χ4v) is 0.963. The van der Waals surface area contributed by atoms with Crippen LogP contribution in [-0.2, 0) is 0 Å². The Morgan fingerprint density at radius 3 is 2.82 bits per heavy atom. The molecule has 0 fully saturated rings. The summed E-state index contributed by atoms with van der Waals surface area (Å²) in [6.07, 6.45) is 4.76. The van der Waals surface area contributed by atoms with E-state index >= 15 is 0 Å². The Labute approximate surface area is 66.1 Å². The van der Waals surface area contributed by atoms with Crippen molar-refractivity contribution in [3.05, 3.63) is 35.7 Å². The second-order valence-electron chi connectivity index (χ2n) is 2.25. The molecule has 0 aliphatic rings. The van der Waals surface area contributed by atoms with Crippen LogP contribution in [0, 0.1) is 12.3 Å². The minimum Gasteiger partial charge on any atom is -0.308 e. The molecular formula is C9H10N2. The summed E-state index contributed by atoms with van der Waals surface area (Å²) in [7, 11) is 0. The summed E-state index contributed by atoms with van der Waals surface area (Å²) in [5.41, 5.74) is 2.69. The van der Waals surface area contributed by atoms with Gasteiger partial charge in [-0.15, -0.1) is 0 Å². The summed E-state index contributed by atoms with van der Waals surface area (Å²) in [5, 5.41) is 7.12. The van der Waals surface area contributed by atoms with Gasteiger partial charge >= 0.3 is 0 Å². The van der Waals surface area contributed by atoms with Crippen molar-refractivity contribution < 1.29 is 0 Å². The van der Waals surface area contributed by atoms with Crippen molar-refractivity contribution in [3.8, 4) is 0 Å². The van der Waals surface area contributed by atoms with Gasteiger partial charge in [0.25, 0.3) is 0 Å². The lowest BCUT2D eigenvalue weighted by Gasteiger charge is -2.01. The van der Waals surface area contributed by atoms with Crippen LogP contribution in [0.4, 0.5) is 0 Å². The average molecular weight is 146 g/mol. The van der Waals surface area contributed by atoms with E-state index in [1.807, 2.05) is 13.0 Å². The Bertz CT molecular complexity index is 290. The zero-order chi connectivity index (χ0) is 8.27. The second kappa shape index (κ2) is 3.10. The number of hydrogen-bond donors (Lipinski definition) is 1. The van der Waals surface area contributed by atoms with Crippen LogP contribution in [0.5, 0.6) is 0 Å². The monoisotopic (exact) mass is 146 g/mol. The minimum absolute atomic E-state index is 0.850. The third-order valence-corrected chi connectivity index (χ3v) is 1.59. The zero-order valence-electron chi connectivity index (χ0n) is 6.46. The molecule has 1 aromatic heterocycles. The Morgan fingerprint density at radius 1 is 1.64 bits per heavy atom. The lowest BCUT2D eigenvalue weighted by atomic mass is 10.1. The number of nitrogens with zero attached hydrogens (tertiary/aromatic N) is 1. The number of aryl methyl sites for hydroxylation is 1. The summed E-state index contributed by atoms with van der Waals surface area (Å²) in [5.74, 6) is 0. The molecular weight excluding hydrogens is 136 g/mol. The standard InChI is InChI=1S/C9H10N2/c1-3-8-4-5-11-7(2)9(8)6-10/h3-6,10H,1H2,2H3. The maximum atomic E-state index is 7.12. The van der Waals surface area contributed by atoms with Crippen LogP contribution in [0.2, 0.25) is 0 Å². The Balaban J connectivity index is 3.35. The molecule has 11 heavy (non-hydrogen) atoms. The first kappa shape index (κ1) is 7.66. The molecule has 1 rings (SSSR count). The summed E-state index contributed by atoms with van der Waals surface area (Å²) in [6.45, 7) is 5.53. The predicted molar refractivity (Wildman–Crippen MR) is 47.0 cm³/mol. The number of aromatic nitrogens is 1. The molecule has 0 radical (unpaired) electrons. The van der Waals surface area contributed by atoms with Crippen LogP contribution in [0.15, 0.2) is 18.8 Å². The van der Waals surface area contributed by atoms with E-state index in [1.54, 1.807) is 12.3 Å². The number of pyridine rings is 1. The second-order valence-corrected chi connectivity index (χ2v) is 2.25. The van der Waals surface area contributed by atoms with Gasteiger partial charge in [0.1, 0.15) is 0 Å². The van der Waals surface area contributed by atoms with E-state index in [0.29, 0.717) is 0 Å². The normalized spacial score (nSPS) is 9.18. The number of hydrogen-bond acceptors (Lipinski definition) is 2. The van der Waals surface area contributed by atoms with Gasteiger partial charge in [-0.1, -0.05) is 12.7 Å². The van der Waals surface area contributed by atoms with Gasteiger partial charge in [0.2, 0.25) is 0 Å². The molecule has 0 spiro atoms. The van der Waals surface area contributed by atoms with E-state index < -0.39 is 0 Å². The van der Waals surface area contributed by atoms with Crippen molar-refractivity contribution >= 4 is 12.3 Å². The van der Waals surface area contributed by atoms with Crippen LogP contribution in [-0.4, -0.2) is 11.2 Å². The van der Waals surface area contributed by atoms with Crippen molar-refractivity contribution in [1.82, 2.24) is 4.98 Å². The minimum atomic E-state index is 0.850. The molecule has 0 aromatic carbocycles. The van der Waals surface area contributed by atoms with Crippen LogP contribution in [0.25, 0.3) is 6.08 Å². The van der Waals surface area contributed by atoms with E-state index in [0.717, 1.165) is 16.8 Å². The van der Waals surface area contributed by atoms with Gasteiger partial charge in [0.05, 0.1) is 0 Å². The van der Waals surface area contributed by atoms with Gasteiger partial charge in [-0.05, 0) is 18.6 Å². The molecule has 0 saturated carbocycles. The molecule has 0 saturated heterocycles. The van der Waals surface area contributed by atoms with Crippen molar-refractivity contribution in [3.63, 3.8) is 0 Å². The molecule has 0 aliphatic heterocycles. The number of nitrogens with one attached hydrogen (secondary N) is 1. The average Bonchev–Trinajstić information content (AvgIpc) is 2.04. The highest BCUT2D eigenvalue weighted by Gasteiger charge is 1.98. The van der Waals surface area contributed by atoms with Crippen LogP contribution < -0.4 is 0 Å². The highest BCUT2D eigenvalue weighted by atomic mass is 14.7. The molecule has 0 aliphatic carbocycles. The van der Waals surface area contributed by atoms with Crippen molar-refractivity contribution in [1.29, 1.82) is 5.41 Å². The molecule has 0 amide bonds. The summed E-state index contributed by atoms with van der Waals surface area (Å²) >= 11 is 0. The molecule has 2 nitrogen and oxygen atoms in total. The van der Waals surface area contributed by atoms with Crippen LogP contribution in [0.3, 0.4) is 0 Å². The molecule has 0 unspecified atom stereocenters. The van der Waals surface area contributed by atoms with Crippen molar-refractivity contribution in [2.75, 3.05) is 0 Å². The predicted octanol–water partition coefficient (Wildman–Crippen LogP) is 2.03. The first-order valence-corrected chi connectivity index (χ1v) is 3.38. The SMILES string of the molecule is C=Cc1ccnc(C)c1C=N. The highest BCUT2D eigenvalue weighted by Crippen LogP contribution is 2.09. The zero-order valence-corrected chi connectivity index (χ0v) is 6.46. The summed E-state index contributed by atoms with van der Waals surface area (Å²) in [6, 6.07) is 1.85. The fraction of sp³-hybridized carbons (Fsp3) is 0.111. The van der Waals surface area contributed by atoms with Gasteiger partial charge in [-0.3, -0.25) is 4.98 Å². The molecule has 1 N–H and O–H groups in total. The molecule has 2 heteroatoms. The highest BCUT2D eigenvalue weighted by molar-refractivity contribution is 5.84. The molecule has 0 atom stereocenters. The van der Waals surface area contributed by atoms with Gasteiger partial charge in [-0.25, -0.2) is 0 Å². The topological polar surface area (TPSA) is 36.7 Å². The fourth-order valence-electron chi connectivity index (χ4n) is 0.963. The quantitative estimate of drug-likeness (QED) is 0.637. The summed E-state index contributed by atoms with van der Waals surface area (Å²) in [4.78, 5) is 4.06. The van der Waals surface area contributed by atoms with Gasteiger partial charge in [0, 0.05) is 23.7 Å². The first-order chi connectivity index (χ1) is 5.29. The summed E-state index contributed by atoms with van der Waals surface area (Å²) < 4.78 is 0. The van der Waals surface area contributed by atoms with Crippen LogP contribution in [0.1, 0.15) is 16.8 Å². The van der Waals surface area contributed by atoms with Crippen molar-refractivity contribution in [2.45, 2.75) is 6.92 Å². The largest absolute Gasteiger partial charge is 0.308 e. The van der Waals surface area contributed by atoms with E-state index in [-0.39, 0.29) is 0 Å². The first-order valence-electron chi connectivity index (χ1n) is 3.38. The van der Waals surface area contributed by atoms with Gasteiger partial charge < -0.3 is 5.41 Å². The smallest absolute Gasteiger partial charge is 0.0466 e. The molecule has 56 valence electrons.